The Balaban J connectivity index is 1.29. The second-order valence-electron chi connectivity index (χ2n) is 10.5. The van der Waals surface area contributed by atoms with E-state index in [9.17, 15) is 9.59 Å². The maximum atomic E-state index is 14.0. The molecule has 0 unspecified atom stereocenters. The van der Waals surface area contributed by atoms with Crippen LogP contribution in [0.25, 0.3) is 5.69 Å². The lowest BCUT2D eigenvalue weighted by Crippen LogP contribution is -2.29. The molecule has 1 aliphatic heterocycles. The molecule has 13 heteroatoms. The lowest BCUT2D eigenvalue weighted by Gasteiger charge is -2.24. The Labute approximate surface area is 279 Å². The second kappa shape index (κ2) is 13.9. The van der Waals surface area contributed by atoms with E-state index in [0.717, 1.165) is 33.0 Å². The number of carbonyl (C=O) groups is 2. The summed E-state index contributed by atoms with van der Waals surface area (Å²) in [6, 6.07) is 19.0. The van der Waals surface area contributed by atoms with Gasteiger partial charge in [-0.15, -0.1) is 32.9 Å². The molecule has 6 rings (SSSR count). The minimum absolute atomic E-state index is 0.0640. The Morgan fingerprint density at radius 2 is 1.83 bits per heavy atom. The van der Waals surface area contributed by atoms with E-state index in [2.05, 4.69) is 21.6 Å². The molecule has 0 spiro atoms. The summed E-state index contributed by atoms with van der Waals surface area (Å²) < 4.78 is 13.2. The summed E-state index contributed by atoms with van der Waals surface area (Å²) in [5.74, 6) is 1.43. The van der Waals surface area contributed by atoms with Crippen molar-refractivity contribution in [1.82, 2.24) is 25.1 Å². The lowest BCUT2D eigenvalue weighted by atomic mass is 9.99. The van der Waals surface area contributed by atoms with E-state index in [4.69, 9.17) is 14.6 Å². The number of methoxy groups -OCH3 is 2. The number of hydrogen-bond acceptors (Lipinski definition) is 10. The molecular weight excluding hydrogens is 641 g/mol. The highest BCUT2D eigenvalue weighted by atomic mass is 32.2. The molecule has 46 heavy (non-hydrogen) atoms. The number of amides is 2. The number of nitrogens with zero attached hydrogens (tertiary/aromatic N) is 5. The Hall–Kier alpha value is -4.46. The zero-order valence-corrected chi connectivity index (χ0v) is 28.2. The molecule has 1 aliphatic rings. The van der Waals surface area contributed by atoms with Gasteiger partial charge in [-0.2, -0.15) is 5.10 Å². The van der Waals surface area contributed by atoms with Gasteiger partial charge in [0.05, 0.1) is 53.7 Å². The van der Waals surface area contributed by atoms with Gasteiger partial charge in [0.1, 0.15) is 0 Å². The maximum Gasteiger partial charge on any atom is 0.261 e. The number of thiophene rings is 2. The van der Waals surface area contributed by atoms with Gasteiger partial charge in [0, 0.05) is 12.0 Å². The van der Waals surface area contributed by atoms with Crippen LogP contribution in [0.4, 0.5) is 0 Å². The van der Waals surface area contributed by atoms with Crippen molar-refractivity contribution < 1.29 is 19.1 Å². The topological polar surface area (TPSA) is 111 Å². The van der Waals surface area contributed by atoms with Crippen LogP contribution in [0.1, 0.15) is 49.5 Å². The standard InChI is InChI=1S/C33H32N6O4S3/c1-20-12-13-21(2)24(16-20)38-29(18-34-32(41)28-11-7-15-45-28)35-36-33(38)46-19-30(40)39-25(17-23(37-39)27-10-6-14-44-27)22-8-5-9-26(42-3)31(22)43-4/h5-16,25H,17-19H2,1-4H3,(H,34,41)/t25-/m0/s1. The molecule has 0 aliphatic carbocycles. The molecule has 5 aromatic rings. The molecule has 0 saturated carbocycles. The molecule has 2 aromatic carbocycles. The largest absolute Gasteiger partial charge is 0.493 e. The first-order valence-electron chi connectivity index (χ1n) is 14.5. The Kier molecular flexibility index (Phi) is 9.52. The fourth-order valence-corrected chi connectivity index (χ4v) is 7.48. The Morgan fingerprint density at radius 1 is 1.00 bits per heavy atom. The first kappa shape index (κ1) is 31.5. The number of hydrogen-bond donors (Lipinski definition) is 1. The molecule has 1 N–H and O–H groups in total. The van der Waals surface area contributed by atoms with E-state index >= 15 is 0 Å². The fraction of sp³-hybridized carbons (Fsp3) is 0.242. The number of hydrazone groups is 1. The van der Waals surface area contributed by atoms with Crippen molar-refractivity contribution in [3.8, 4) is 17.2 Å². The van der Waals surface area contributed by atoms with E-state index in [1.165, 1.54) is 23.1 Å². The molecule has 236 valence electrons. The fourth-order valence-electron chi connectivity index (χ4n) is 5.31. The number of ether oxygens (including phenoxy) is 2. The van der Waals surface area contributed by atoms with E-state index < -0.39 is 0 Å². The highest BCUT2D eigenvalue weighted by molar-refractivity contribution is 7.99. The molecular formula is C33H32N6O4S3. The van der Waals surface area contributed by atoms with Crippen molar-refractivity contribution in [3.05, 3.63) is 104 Å². The Morgan fingerprint density at radius 3 is 2.57 bits per heavy atom. The molecule has 3 aromatic heterocycles. The van der Waals surface area contributed by atoms with Crippen molar-refractivity contribution in [3.63, 3.8) is 0 Å². The summed E-state index contributed by atoms with van der Waals surface area (Å²) in [6.45, 7) is 4.20. The van der Waals surface area contributed by atoms with Crippen LogP contribution in [0.3, 0.4) is 0 Å². The second-order valence-corrected chi connectivity index (χ2v) is 13.4. The number of nitrogens with one attached hydrogen (secondary N) is 1. The molecule has 4 heterocycles. The zero-order valence-electron chi connectivity index (χ0n) is 25.7. The summed E-state index contributed by atoms with van der Waals surface area (Å²) in [5.41, 5.74) is 4.62. The van der Waals surface area contributed by atoms with Crippen molar-refractivity contribution in [2.75, 3.05) is 20.0 Å². The van der Waals surface area contributed by atoms with Gasteiger partial charge >= 0.3 is 0 Å². The van der Waals surface area contributed by atoms with E-state index in [1.54, 1.807) is 36.6 Å². The molecule has 0 bridgehead atoms. The lowest BCUT2D eigenvalue weighted by molar-refractivity contribution is -0.130. The molecule has 1 atom stereocenters. The van der Waals surface area contributed by atoms with Crippen LogP contribution in [0, 0.1) is 13.8 Å². The van der Waals surface area contributed by atoms with Crippen LogP contribution in [0.2, 0.25) is 0 Å². The minimum atomic E-state index is -0.379. The number of para-hydroxylation sites is 1. The quantitative estimate of drug-likeness (QED) is 0.161. The number of thioether (sulfide) groups is 1. The van der Waals surface area contributed by atoms with Gasteiger partial charge in [-0.1, -0.05) is 48.2 Å². The predicted octanol–water partition coefficient (Wildman–Crippen LogP) is 6.42. The van der Waals surface area contributed by atoms with E-state index in [0.29, 0.717) is 33.8 Å². The number of benzene rings is 2. The average Bonchev–Trinajstić information content (AvgIpc) is 3.90. The van der Waals surface area contributed by atoms with Crippen molar-refractivity contribution in [2.45, 2.75) is 38.0 Å². The van der Waals surface area contributed by atoms with Crippen molar-refractivity contribution in [1.29, 1.82) is 0 Å². The molecule has 10 nitrogen and oxygen atoms in total. The van der Waals surface area contributed by atoms with Crippen LogP contribution < -0.4 is 14.8 Å². The van der Waals surface area contributed by atoms with E-state index in [1.807, 2.05) is 77.7 Å². The smallest absolute Gasteiger partial charge is 0.261 e. The SMILES string of the molecule is COc1cccc([C@@H]2CC(c3cccs3)=NN2C(=O)CSc2nnc(CNC(=O)c3cccs3)n2-c2cc(C)ccc2C)c1OC. The number of rotatable bonds is 11. The molecule has 0 saturated heterocycles. The van der Waals surface area contributed by atoms with E-state index in [-0.39, 0.29) is 30.2 Å². The zero-order chi connectivity index (χ0) is 32.2. The summed E-state index contributed by atoms with van der Waals surface area (Å²) in [5, 5.41) is 22.7. The first-order chi connectivity index (χ1) is 22.4. The predicted molar refractivity (Wildman–Crippen MR) is 182 cm³/mol. The van der Waals surface area contributed by atoms with Crippen LogP contribution in [-0.4, -0.2) is 57.3 Å². The van der Waals surface area contributed by atoms with Crippen LogP contribution >= 0.6 is 34.4 Å². The normalized spacial score (nSPS) is 14.3. The van der Waals surface area contributed by atoms with Crippen LogP contribution in [0.15, 0.2) is 81.7 Å². The van der Waals surface area contributed by atoms with Gasteiger partial charge < -0.3 is 14.8 Å². The average molecular weight is 673 g/mol. The third-order valence-electron chi connectivity index (χ3n) is 7.55. The van der Waals surface area contributed by atoms with Gasteiger partial charge in [-0.25, -0.2) is 5.01 Å². The van der Waals surface area contributed by atoms with Gasteiger partial charge in [0.15, 0.2) is 22.5 Å². The molecule has 0 radical (unpaired) electrons. The summed E-state index contributed by atoms with van der Waals surface area (Å²) in [6.07, 6.45) is 0.535. The number of aryl methyl sites for hydroxylation is 2. The number of aromatic nitrogens is 3. The van der Waals surface area contributed by atoms with Crippen molar-refractivity contribution in [2.24, 2.45) is 5.10 Å². The minimum Gasteiger partial charge on any atom is -0.493 e. The third-order valence-corrected chi connectivity index (χ3v) is 10.2. The summed E-state index contributed by atoms with van der Waals surface area (Å²) in [4.78, 5) is 28.4. The first-order valence-corrected chi connectivity index (χ1v) is 17.2. The van der Waals surface area contributed by atoms with Gasteiger partial charge in [0.25, 0.3) is 11.8 Å². The van der Waals surface area contributed by atoms with Gasteiger partial charge in [0.2, 0.25) is 0 Å². The monoisotopic (exact) mass is 672 g/mol. The van der Waals surface area contributed by atoms with Gasteiger partial charge in [-0.3, -0.25) is 14.2 Å². The highest BCUT2D eigenvalue weighted by Crippen LogP contribution is 2.42. The highest BCUT2D eigenvalue weighted by Gasteiger charge is 2.36. The van der Waals surface area contributed by atoms with Crippen LogP contribution in [-0.2, 0) is 11.3 Å². The van der Waals surface area contributed by atoms with Crippen LogP contribution in [0.5, 0.6) is 11.5 Å². The Bertz CT molecular complexity index is 1890. The number of carbonyl (C=O) groups excluding carboxylic acids is 2. The summed E-state index contributed by atoms with van der Waals surface area (Å²) >= 11 is 4.25. The summed E-state index contributed by atoms with van der Waals surface area (Å²) in [7, 11) is 3.19. The molecule has 0 fully saturated rings. The van der Waals surface area contributed by atoms with Crippen molar-refractivity contribution >= 4 is 52.0 Å². The maximum absolute atomic E-state index is 14.0. The third kappa shape index (κ3) is 6.43. The van der Waals surface area contributed by atoms with Gasteiger partial charge in [-0.05, 0) is 60.0 Å². The molecule has 2 amide bonds.